The summed E-state index contributed by atoms with van der Waals surface area (Å²) < 4.78 is 24.1. The van der Waals surface area contributed by atoms with Crippen LogP contribution in [0.3, 0.4) is 0 Å². The number of benzene rings is 2. The molecule has 3 aromatic rings. The number of carboxylic acids is 1. The summed E-state index contributed by atoms with van der Waals surface area (Å²) >= 11 is 0. The number of aromatic nitrogens is 4. The van der Waals surface area contributed by atoms with E-state index < -0.39 is 22.0 Å². The quantitative estimate of drug-likeness (QED) is 0.517. The summed E-state index contributed by atoms with van der Waals surface area (Å²) in [4.78, 5) is 12.7. The summed E-state index contributed by atoms with van der Waals surface area (Å²) in [6.07, 6.45) is 0. The number of hydrogen-bond acceptors (Lipinski definition) is 7. The number of tetrazole rings is 1. The molecule has 0 unspecified atom stereocenters. The Bertz CT molecular complexity index is 1110. The molecule has 0 radical (unpaired) electrons. The van der Waals surface area contributed by atoms with Crippen LogP contribution in [0.2, 0.25) is 0 Å². The lowest BCUT2D eigenvalue weighted by Gasteiger charge is -2.21. The maximum atomic E-state index is 12.1. The summed E-state index contributed by atoms with van der Waals surface area (Å²) in [7, 11) is -2.28. The van der Waals surface area contributed by atoms with E-state index in [0.29, 0.717) is 12.1 Å². The largest absolute Gasteiger partial charge is 0.480 e. The van der Waals surface area contributed by atoms with Gasteiger partial charge in [0.2, 0.25) is 10.0 Å². The summed E-state index contributed by atoms with van der Waals surface area (Å²) in [5.74, 6) is -0.710. The topological polar surface area (TPSA) is 155 Å². The maximum Gasteiger partial charge on any atom is 0.320 e. The summed E-state index contributed by atoms with van der Waals surface area (Å²) in [6, 6.07) is 11.5. The number of primary sulfonamides is 1. The number of rotatable bonds is 7. The van der Waals surface area contributed by atoms with Crippen molar-refractivity contribution in [2.45, 2.75) is 24.4 Å². The standard InChI is InChI=1S/C18H20N6O4S/c1-11(18(25)26)24(2)10-12-6-8-13(9-7-12)14-4-3-5-15(29(19,27)28)16(14)17-20-22-23-21-17/h3-9,11H,10H2,1-2H3,(H,25,26)(H2,19,27,28)(H,20,21,22,23)/t11-/m0/s1. The molecule has 152 valence electrons. The Morgan fingerprint density at radius 1 is 1.24 bits per heavy atom. The SMILES string of the molecule is C[C@@H](C(=O)O)N(C)Cc1ccc(-c2cccc(S(N)(=O)=O)c2-c2nnn[nH]2)cc1. The highest BCUT2D eigenvalue weighted by Gasteiger charge is 2.22. The highest BCUT2D eigenvalue weighted by Crippen LogP contribution is 2.34. The second-order valence-corrected chi connectivity index (χ2v) is 8.13. The number of aromatic amines is 1. The van der Waals surface area contributed by atoms with Crippen LogP contribution < -0.4 is 5.14 Å². The van der Waals surface area contributed by atoms with Crippen LogP contribution in [0.4, 0.5) is 0 Å². The highest BCUT2D eigenvalue weighted by molar-refractivity contribution is 7.89. The molecule has 0 aliphatic heterocycles. The van der Waals surface area contributed by atoms with Gasteiger partial charge in [0.15, 0.2) is 5.82 Å². The van der Waals surface area contributed by atoms with Gasteiger partial charge in [-0.05, 0) is 47.2 Å². The molecule has 0 fully saturated rings. The molecular formula is C18H20N6O4S. The number of likely N-dealkylation sites (N-methyl/N-ethyl adjacent to an activating group) is 1. The van der Waals surface area contributed by atoms with Gasteiger partial charge in [-0.15, -0.1) is 5.10 Å². The third-order valence-corrected chi connectivity index (χ3v) is 5.58. The molecule has 2 aromatic carbocycles. The zero-order valence-electron chi connectivity index (χ0n) is 15.8. The van der Waals surface area contributed by atoms with Crippen LogP contribution in [0.25, 0.3) is 22.5 Å². The average Bonchev–Trinajstić information content (AvgIpc) is 3.21. The van der Waals surface area contributed by atoms with E-state index in [-0.39, 0.29) is 16.3 Å². The maximum absolute atomic E-state index is 12.1. The number of aliphatic carboxylic acids is 1. The predicted molar refractivity (Wildman–Crippen MR) is 105 cm³/mol. The van der Waals surface area contributed by atoms with Crippen molar-refractivity contribution in [1.29, 1.82) is 0 Å². The second kappa shape index (κ2) is 8.07. The van der Waals surface area contributed by atoms with Crippen molar-refractivity contribution in [3.63, 3.8) is 0 Å². The fraction of sp³-hybridized carbons (Fsp3) is 0.222. The number of nitrogens with zero attached hydrogens (tertiary/aromatic N) is 4. The number of hydrogen-bond donors (Lipinski definition) is 3. The van der Waals surface area contributed by atoms with Gasteiger partial charge in [0, 0.05) is 12.1 Å². The lowest BCUT2D eigenvalue weighted by Crippen LogP contribution is -2.35. The van der Waals surface area contributed by atoms with E-state index in [2.05, 4.69) is 20.6 Å². The van der Waals surface area contributed by atoms with Gasteiger partial charge in [0.1, 0.15) is 6.04 Å². The fourth-order valence-electron chi connectivity index (χ4n) is 2.92. The monoisotopic (exact) mass is 416 g/mol. The Hall–Kier alpha value is -3.15. The Morgan fingerprint density at radius 3 is 2.48 bits per heavy atom. The number of nitrogens with two attached hydrogens (primary N) is 1. The van der Waals surface area contributed by atoms with Crippen LogP contribution in [-0.2, 0) is 21.4 Å². The smallest absolute Gasteiger partial charge is 0.320 e. The van der Waals surface area contributed by atoms with Crippen LogP contribution in [0.15, 0.2) is 47.4 Å². The highest BCUT2D eigenvalue weighted by atomic mass is 32.2. The lowest BCUT2D eigenvalue weighted by molar-refractivity contribution is -0.142. The Kier molecular flexibility index (Phi) is 5.73. The van der Waals surface area contributed by atoms with Gasteiger partial charge in [-0.1, -0.05) is 36.4 Å². The molecule has 29 heavy (non-hydrogen) atoms. The first kappa shape index (κ1) is 20.6. The molecule has 1 atom stereocenters. The van der Waals surface area contributed by atoms with E-state index in [0.717, 1.165) is 11.1 Å². The molecule has 3 rings (SSSR count). The molecule has 0 amide bonds. The lowest BCUT2D eigenvalue weighted by atomic mass is 9.98. The van der Waals surface area contributed by atoms with Crippen molar-refractivity contribution in [3.8, 4) is 22.5 Å². The third-order valence-electron chi connectivity index (χ3n) is 4.63. The molecule has 1 aromatic heterocycles. The molecule has 0 saturated heterocycles. The number of nitrogens with one attached hydrogen (secondary N) is 1. The second-order valence-electron chi connectivity index (χ2n) is 6.60. The minimum Gasteiger partial charge on any atom is -0.480 e. The van der Waals surface area contributed by atoms with Crippen molar-refractivity contribution >= 4 is 16.0 Å². The molecule has 0 aliphatic carbocycles. The Balaban J connectivity index is 2.01. The third kappa shape index (κ3) is 4.47. The molecule has 0 spiro atoms. The van der Waals surface area contributed by atoms with Crippen LogP contribution in [0.5, 0.6) is 0 Å². The fourth-order valence-corrected chi connectivity index (χ4v) is 3.68. The van der Waals surface area contributed by atoms with E-state index in [4.69, 9.17) is 10.2 Å². The molecule has 1 heterocycles. The van der Waals surface area contributed by atoms with E-state index in [1.165, 1.54) is 6.07 Å². The van der Waals surface area contributed by atoms with E-state index >= 15 is 0 Å². The summed E-state index contributed by atoms with van der Waals surface area (Å²) in [5, 5.41) is 28.0. The van der Waals surface area contributed by atoms with Gasteiger partial charge < -0.3 is 5.11 Å². The van der Waals surface area contributed by atoms with E-state index in [1.54, 1.807) is 31.0 Å². The molecular weight excluding hydrogens is 396 g/mol. The van der Waals surface area contributed by atoms with Gasteiger partial charge in [-0.25, -0.2) is 18.7 Å². The van der Waals surface area contributed by atoms with Gasteiger partial charge in [-0.2, -0.15) is 0 Å². The zero-order chi connectivity index (χ0) is 21.2. The van der Waals surface area contributed by atoms with Crippen molar-refractivity contribution in [2.24, 2.45) is 5.14 Å². The van der Waals surface area contributed by atoms with Crippen molar-refractivity contribution in [2.75, 3.05) is 7.05 Å². The molecule has 11 heteroatoms. The van der Waals surface area contributed by atoms with Crippen LogP contribution in [0.1, 0.15) is 12.5 Å². The summed E-state index contributed by atoms with van der Waals surface area (Å²) in [5.41, 5.74) is 2.52. The van der Waals surface area contributed by atoms with Crippen molar-refractivity contribution in [3.05, 3.63) is 48.0 Å². The Labute approximate surface area is 167 Å². The molecule has 10 nitrogen and oxygen atoms in total. The number of carboxylic acid groups (broad SMARTS) is 1. The molecule has 0 bridgehead atoms. The first-order valence-electron chi connectivity index (χ1n) is 8.60. The molecule has 0 saturated carbocycles. The first-order valence-corrected chi connectivity index (χ1v) is 10.2. The van der Waals surface area contributed by atoms with Crippen molar-refractivity contribution < 1.29 is 18.3 Å². The molecule has 0 aliphatic rings. The van der Waals surface area contributed by atoms with E-state index in [1.807, 2.05) is 24.3 Å². The number of sulfonamides is 1. The van der Waals surface area contributed by atoms with Gasteiger partial charge >= 0.3 is 5.97 Å². The minimum absolute atomic E-state index is 0.0901. The minimum atomic E-state index is -4.01. The van der Waals surface area contributed by atoms with Gasteiger partial charge in [0.05, 0.1) is 4.90 Å². The van der Waals surface area contributed by atoms with Crippen LogP contribution in [0, 0.1) is 0 Å². The first-order chi connectivity index (χ1) is 13.7. The van der Waals surface area contributed by atoms with Crippen molar-refractivity contribution in [1.82, 2.24) is 25.5 Å². The number of carbonyl (C=O) groups is 1. The molecule has 4 N–H and O–H groups in total. The predicted octanol–water partition coefficient (Wildman–Crippen LogP) is 1.09. The van der Waals surface area contributed by atoms with Crippen LogP contribution >= 0.6 is 0 Å². The van der Waals surface area contributed by atoms with Gasteiger partial charge in [-0.3, -0.25) is 9.69 Å². The average molecular weight is 416 g/mol. The summed E-state index contributed by atoms with van der Waals surface area (Å²) in [6.45, 7) is 2.07. The Morgan fingerprint density at radius 2 is 1.93 bits per heavy atom. The normalized spacial score (nSPS) is 12.8. The van der Waals surface area contributed by atoms with Crippen LogP contribution in [-0.4, -0.2) is 58.1 Å². The number of H-pyrrole nitrogens is 1. The van der Waals surface area contributed by atoms with Gasteiger partial charge in [0.25, 0.3) is 0 Å². The zero-order valence-corrected chi connectivity index (χ0v) is 16.6. The van der Waals surface area contributed by atoms with E-state index in [9.17, 15) is 13.2 Å².